The van der Waals surface area contributed by atoms with Gasteiger partial charge in [-0.05, 0) is 82.2 Å². The molecular formula is C31H30BrN3O5S. The van der Waals surface area contributed by atoms with Crippen molar-refractivity contribution in [2.75, 3.05) is 40.0 Å². The lowest BCUT2D eigenvalue weighted by atomic mass is 10.1. The predicted octanol–water partition coefficient (Wildman–Crippen LogP) is 6.13. The van der Waals surface area contributed by atoms with Crippen LogP contribution in [0.1, 0.15) is 28.4 Å². The maximum absolute atomic E-state index is 13.1. The van der Waals surface area contributed by atoms with Gasteiger partial charge in [0.1, 0.15) is 6.61 Å². The van der Waals surface area contributed by atoms with Gasteiger partial charge in [0.2, 0.25) is 0 Å². The number of carbonyl (C=O) groups excluding carboxylic acids is 2. The Morgan fingerprint density at radius 2 is 1.85 bits per heavy atom. The molecule has 0 aromatic heterocycles. The molecule has 3 aromatic carbocycles. The second-order valence-electron chi connectivity index (χ2n) is 9.36. The van der Waals surface area contributed by atoms with Crippen molar-refractivity contribution in [3.8, 4) is 11.5 Å². The van der Waals surface area contributed by atoms with Gasteiger partial charge >= 0.3 is 0 Å². The Morgan fingerprint density at radius 3 is 2.61 bits per heavy atom. The van der Waals surface area contributed by atoms with E-state index in [2.05, 4.69) is 15.9 Å². The summed E-state index contributed by atoms with van der Waals surface area (Å²) in [5.41, 5.74) is 3.00. The van der Waals surface area contributed by atoms with E-state index in [4.69, 9.17) is 19.2 Å². The van der Waals surface area contributed by atoms with E-state index in [1.54, 1.807) is 30.1 Å². The lowest BCUT2D eigenvalue weighted by Gasteiger charge is -2.26. The molecular weight excluding hydrogens is 606 g/mol. The normalized spacial score (nSPS) is 17.4. The van der Waals surface area contributed by atoms with E-state index in [0.29, 0.717) is 72.3 Å². The number of hydrogen-bond donors (Lipinski definition) is 0. The molecule has 0 bridgehead atoms. The van der Waals surface area contributed by atoms with Gasteiger partial charge in [0.25, 0.3) is 11.8 Å². The van der Waals surface area contributed by atoms with Crippen LogP contribution in [0, 0.1) is 0 Å². The van der Waals surface area contributed by atoms with Crippen LogP contribution in [0.4, 0.5) is 5.69 Å². The highest BCUT2D eigenvalue weighted by Gasteiger charge is 2.31. The average molecular weight is 637 g/mol. The molecule has 41 heavy (non-hydrogen) atoms. The van der Waals surface area contributed by atoms with Crippen LogP contribution in [0.5, 0.6) is 11.5 Å². The molecule has 0 radical (unpaired) electrons. The number of nitrogens with zero attached hydrogens (tertiary/aromatic N) is 3. The van der Waals surface area contributed by atoms with E-state index in [-0.39, 0.29) is 11.8 Å². The van der Waals surface area contributed by atoms with Gasteiger partial charge in [-0.15, -0.1) is 0 Å². The van der Waals surface area contributed by atoms with E-state index in [1.807, 2.05) is 61.5 Å². The second kappa shape index (κ2) is 13.4. The quantitative estimate of drug-likeness (QED) is 0.277. The van der Waals surface area contributed by atoms with Crippen molar-refractivity contribution in [3.05, 3.63) is 92.8 Å². The number of halogens is 1. The van der Waals surface area contributed by atoms with Crippen LogP contribution in [0.15, 0.2) is 81.1 Å². The number of hydrogen-bond acceptors (Lipinski definition) is 7. The van der Waals surface area contributed by atoms with Gasteiger partial charge in [0.15, 0.2) is 16.7 Å². The number of amides is 2. The van der Waals surface area contributed by atoms with Gasteiger partial charge < -0.3 is 19.1 Å². The van der Waals surface area contributed by atoms with E-state index < -0.39 is 0 Å². The van der Waals surface area contributed by atoms with Crippen molar-refractivity contribution in [3.63, 3.8) is 0 Å². The highest BCUT2D eigenvalue weighted by atomic mass is 79.9. The number of thioether (sulfide) groups is 1. The van der Waals surface area contributed by atoms with Gasteiger partial charge in [0, 0.05) is 25.7 Å². The lowest BCUT2D eigenvalue weighted by molar-refractivity contribution is -0.121. The van der Waals surface area contributed by atoms with Crippen molar-refractivity contribution >= 4 is 56.4 Å². The molecule has 0 aliphatic carbocycles. The Balaban J connectivity index is 1.35. The van der Waals surface area contributed by atoms with E-state index >= 15 is 0 Å². The van der Waals surface area contributed by atoms with E-state index in [9.17, 15) is 9.59 Å². The van der Waals surface area contributed by atoms with E-state index in [0.717, 1.165) is 15.6 Å². The summed E-state index contributed by atoms with van der Waals surface area (Å²) >= 11 is 4.91. The molecule has 0 spiro atoms. The highest BCUT2D eigenvalue weighted by Crippen LogP contribution is 2.40. The molecule has 2 aliphatic heterocycles. The molecule has 2 aliphatic rings. The molecule has 5 rings (SSSR count). The van der Waals surface area contributed by atoms with Crippen LogP contribution in [0.25, 0.3) is 6.08 Å². The molecule has 0 saturated carbocycles. The molecule has 0 atom stereocenters. The average Bonchev–Trinajstić information content (AvgIpc) is 3.25. The number of likely N-dealkylation sites (N-methyl/N-ethyl adjacent to an activating group) is 1. The summed E-state index contributed by atoms with van der Waals surface area (Å²) < 4.78 is 18.1. The maximum atomic E-state index is 13.1. The Kier molecular flexibility index (Phi) is 9.43. The first-order valence-electron chi connectivity index (χ1n) is 13.3. The third-order valence-corrected chi connectivity index (χ3v) is 8.12. The molecule has 2 amide bonds. The first-order chi connectivity index (χ1) is 19.9. The lowest BCUT2D eigenvalue weighted by Crippen LogP contribution is -2.40. The summed E-state index contributed by atoms with van der Waals surface area (Å²) in [5, 5.41) is 0.532. The first-order valence-corrected chi connectivity index (χ1v) is 14.9. The van der Waals surface area contributed by atoms with Gasteiger partial charge in [-0.2, -0.15) is 0 Å². The van der Waals surface area contributed by atoms with Crippen LogP contribution in [-0.4, -0.2) is 66.7 Å². The van der Waals surface area contributed by atoms with Gasteiger partial charge in [-0.25, -0.2) is 4.99 Å². The predicted molar refractivity (Wildman–Crippen MR) is 165 cm³/mol. The molecule has 2 heterocycles. The Bertz CT molecular complexity index is 1490. The summed E-state index contributed by atoms with van der Waals surface area (Å²) in [6.45, 7) is 5.00. The fraction of sp³-hybridized carbons (Fsp3) is 0.258. The minimum Gasteiger partial charge on any atom is -0.490 e. The number of amidine groups is 1. The zero-order chi connectivity index (χ0) is 28.8. The van der Waals surface area contributed by atoms with Crippen LogP contribution >= 0.6 is 27.7 Å². The zero-order valence-electron chi connectivity index (χ0n) is 22.8. The summed E-state index contributed by atoms with van der Waals surface area (Å²) in [7, 11) is 1.69. The summed E-state index contributed by atoms with van der Waals surface area (Å²) in [6.07, 6.45) is 1.82. The van der Waals surface area contributed by atoms with Gasteiger partial charge in [0.05, 0.1) is 34.9 Å². The van der Waals surface area contributed by atoms with Crippen molar-refractivity contribution in [2.45, 2.75) is 13.5 Å². The van der Waals surface area contributed by atoms with Crippen molar-refractivity contribution in [2.24, 2.45) is 4.99 Å². The molecule has 8 nitrogen and oxygen atoms in total. The van der Waals surface area contributed by atoms with Crippen molar-refractivity contribution < 1.29 is 23.8 Å². The number of aliphatic imine (C=N–C) groups is 1. The monoisotopic (exact) mass is 635 g/mol. The molecule has 2 saturated heterocycles. The van der Waals surface area contributed by atoms with Crippen molar-refractivity contribution in [1.82, 2.24) is 9.80 Å². The van der Waals surface area contributed by atoms with Gasteiger partial charge in [-0.3, -0.25) is 14.5 Å². The summed E-state index contributed by atoms with van der Waals surface area (Å²) in [5.74, 6) is 0.984. The largest absolute Gasteiger partial charge is 0.490 e. The minimum atomic E-state index is -0.159. The van der Waals surface area contributed by atoms with Crippen LogP contribution in [0.2, 0.25) is 0 Å². The fourth-order valence-electron chi connectivity index (χ4n) is 4.37. The molecule has 212 valence electrons. The Morgan fingerprint density at radius 1 is 1.07 bits per heavy atom. The number of ether oxygens (including phenoxy) is 3. The van der Waals surface area contributed by atoms with E-state index in [1.165, 1.54) is 16.7 Å². The number of morpholine rings is 1. The van der Waals surface area contributed by atoms with Crippen molar-refractivity contribution in [1.29, 1.82) is 0 Å². The Hall–Kier alpha value is -3.60. The van der Waals surface area contributed by atoms with Crippen LogP contribution < -0.4 is 9.47 Å². The van der Waals surface area contributed by atoms with Crippen LogP contribution in [-0.2, 0) is 16.1 Å². The topological polar surface area (TPSA) is 80.7 Å². The number of rotatable bonds is 8. The third kappa shape index (κ3) is 7.01. The molecule has 3 aromatic rings. The Labute approximate surface area is 252 Å². The number of benzene rings is 3. The first kappa shape index (κ1) is 28.9. The second-order valence-corrected chi connectivity index (χ2v) is 11.2. The smallest absolute Gasteiger partial charge is 0.266 e. The third-order valence-electron chi connectivity index (χ3n) is 6.48. The highest BCUT2D eigenvalue weighted by molar-refractivity contribution is 9.10. The maximum Gasteiger partial charge on any atom is 0.266 e. The molecule has 0 N–H and O–H groups in total. The molecule has 0 unspecified atom stereocenters. The van der Waals surface area contributed by atoms with Crippen LogP contribution in [0.3, 0.4) is 0 Å². The standard InChI is InChI=1S/C31H30BrN3O5S/c1-3-39-26-17-22(16-25(32)28(26)40-20-21-8-5-4-6-9-21)18-27-30(37)34(2)31(41-27)33-24-11-7-10-23(19-24)29(36)35-12-14-38-15-13-35/h4-11,16-19H,3,12-15,20H2,1-2H3/b27-18+,33-31?. The SMILES string of the molecule is CCOc1cc(/C=C2/SC(=Nc3cccc(C(=O)N4CCOCC4)c3)N(C)C2=O)cc(Br)c1OCc1ccccc1. The fourth-order valence-corrected chi connectivity index (χ4v) is 5.94. The minimum absolute atomic E-state index is 0.0497. The summed E-state index contributed by atoms with van der Waals surface area (Å²) in [4.78, 5) is 34.6. The zero-order valence-corrected chi connectivity index (χ0v) is 25.2. The van der Waals surface area contributed by atoms with Gasteiger partial charge in [-0.1, -0.05) is 36.4 Å². The summed E-state index contributed by atoms with van der Waals surface area (Å²) in [6, 6.07) is 20.9. The molecule has 10 heteroatoms. The molecule has 2 fully saturated rings. The number of carbonyl (C=O) groups is 2.